The number of amides is 2. The van der Waals surface area contributed by atoms with E-state index in [1.807, 2.05) is 43.4 Å². The van der Waals surface area contributed by atoms with Crippen molar-refractivity contribution in [3.05, 3.63) is 60.7 Å². The van der Waals surface area contributed by atoms with Crippen LogP contribution in [0.25, 0.3) is 22.0 Å². The molecule has 1 aromatic carbocycles. The maximum atomic E-state index is 13.0. The Morgan fingerprint density at radius 3 is 2.63 bits per heavy atom. The largest absolute Gasteiger partial charge is 0.360 e. The first-order valence-electron chi connectivity index (χ1n) is 11.7. The second-order valence-electron chi connectivity index (χ2n) is 8.84. The molecule has 1 saturated carbocycles. The third-order valence-corrected chi connectivity index (χ3v) is 6.02. The van der Waals surface area contributed by atoms with Crippen LogP contribution in [0.2, 0.25) is 0 Å². The van der Waals surface area contributed by atoms with Crippen LogP contribution in [0, 0.1) is 5.92 Å². The number of carbonyl (C=O) groups excluding carboxylic acids is 2. The molecule has 1 aliphatic rings. The van der Waals surface area contributed by atoms with Gasteiger partial charge in [0.25, 0.3) is 5.91 Å². The Kier molecular flexibility index (Phi) is 6.13. The number of hydrogen-bond acceptors (Lipinski definition) is 6. The van der Waals surface area contributed by atoms with Gasteiger partial charge in [-0.05, 0) is 55.2 Å². The number of nitrogens with zero attached hydrogens (tertiary/aromatic N) is 4. The number of aromatic nitrogens is 4. The molecular formula is C26H27N7O2. The van der Waals surface area contributed by atoms with Crippen molar-refractivity contribution in [2.24, 2.45) is 5.92 Å². The van der Waals surface area contributed by atoms with Crippen LogP contribution in [0.5, 0.6) is 0 Å². The minimum atomic E-state index is -0.326. The van der Waals surface area contributed by atoms with Gasteiger partial charge in [-0.3, -0.25) is 19.7 Å². The molecule has 1 fully saturated rings. The predicted molar refractivity (Wildman–Crippen MR) is 136 cm³/mol. The molecule has 2 amide bonds. The fraction of sp³-hybridized carbons (Fsp3) is 0.269. The van der Waals surface area contributed by atoms with Crippen LogP contribution < -0.4 is 15.5 Å². The van der Waals surface area contributed by atoms with E-state index in [0.29, 0.717) is 22.5 Å². The highest BCUT2D eigenvalue weighted by molar-refractivity contribution is 6.11. The lowest BCUT2D eigenvalue weighted by Crippen LogP contribution is -2.19. The van der Waals surface area contributed by atoms with Crippen LogP contribution in [-0.2, 0) is 4.79 Å². The zero-order chi connectivity index (χ0) is 24.4. The lowest BCUT2D eigenvalue weighted by molar-refractivity contribution is -0.117. The minimum absolute atomic E-state index is 0.0349. The molecule has 35 heavy (non-hydrogen) atoms. The van der Waals surface area contributed by atoms with E-state index in [2.05, 4.69) is 42.6 Å². The first kappa shape index (κ1) is 22.5. The summed E-state index contributed by atoms with van der Waals surface area (Å²) in [5, 5.41) is 13.7. The number of H-pyrrole nitrogens is 1. The molecule has 0 aliphatic heterocycles. The second-order valence-corrected chi connectivity index (χ2v) is 8.84. The molecule has 4 aromatic rings. The maximum absolute atomic E-state index is 13.0. The Morgan fingerprint density at radius 2 is 1.89 bits per heavy atom. The van der Waals surface area contributed by atoms with Crippen LogP contribution in [-0.4, -0.2) is 45.6 Å². The lowest BCUT2D eigenvalue weighted by Gasteiger charge is -2.17. The number of nitrogens with one attached hydrogen (secondary N) is 3. The molecule has 0 unspecified atom stereocenters. The van der Waals surface area contributed by atoms with E-state index in [4.69, 9.17) is 0 Å². The van der Waals surface area contributed by atoms with Crippen molar-refractivity contribution in [2.75, 3.05) is 29.1 Å². The first-order chi connectivity index (χ1) is 17.0. The highest BCUT2D eigenvalue weighted by atomic mass is 16.2. The standard InChI is InChI=1S/C26H27N7O2/c1-3-10-33(2)23-9-7-19(15-28-23)29-26(35)24-21-12-17(6-8-22(21)31-32-24)18-11-20(14-27-13-18)30-25(34)16-4-5-16/h6-9,11-16H,3-5,10H2,1-2H3,(H,29,35)(H,30,34)(H,31,32). The number of pyridine rings is 2. The zero-order valence-electron chi connectivity index (χ0n) is 19.7. The molecule has 0 atom stereocenters. The van der Waals surface area contributed by atoms with Gasteiger partial charge in [0.2, 0.25) is 5.91 Å². The fourth-order valence-electron chi connectivity index (χ4n) is 3.95. The number of aromatic amines is 1. The van der Waals surface area contributed by atoms with Gasteiger partial charge in [0.1, 0.15) is 5.82 Å². The summed E-state index contributed by atoms with van der Waals surface area (Å²) in [6, 6.07) is 11.3. The van der Waals surface area contributed by atoms with Gasteiger partial charge in [0, 0.05) is 36.7 Å². The third kappa shape index (κ3) is 4.98. The summed E-state index contributed by atoms with van der Waals surface area (Å²) in [5.41, 5.74) is 4.00. The Labute approximate surface area is 203 Å². The van der Waals surface area contributed by atoms with Crippen LogP contribution in [0.1, 0.15) is 36.7 Å². The minimum Gasteiger partial charge on any atom is -0.360 e. The lowest BCUT2D eigenvalue weighted by atomic mass is 10.0. The first-order valence-corrected chi connectivity index (χ1v) is 11.7. The van der Waals surface area contributed by atoms with Crippen LogP contribution >= 0.6 is 0 Å². The van der Waals surface area contributed by atoms with E-state index < -0.39 is 0 Å². The monoisotopic (exact) mass is 469 g/mol. The van der Waals surface area contributed by atoms with E-state index in [9.17, 15) is 9.59 Å². The van der Waals surface area contributed by atoms with E-state index >= 15 is 0 Å². The van der Waals surface area contributed by atoms with E-state index in [0.717, 1.165) is 48.3 Å². The molecule has 9 nitrogen and oxygen atoms in total. The molecule has 0 bridgehead atoms. The zero-order valence-corrected chi connectivity index (χ0v) is 19.7. The number of benzene rings is 1. The molecule has 1 aliphatic carbocycles. The van der Waals surface area contributed by atoms with E-state index in [1.165, 1.54) is 0 Å². The van der Waals surface area contributed by atoms with Crippen LogP contribution in [0.15, 0.2) is 55.0 Å². The highest BCUT2D eigenvalue weighted by Crippen LogP contribution is 2.31. The quantitative estimate of drug-likeness (QED) is 0.351. The number of fused-ring (bicyclic) bond motifs is 1. The van der Waals surface area contributed by atoms with Gasteiger partial charge in [-0.25, -0.2) is 4.98 Å². The van der Waals surface area contributed by atoms with Crippen molar-refractivity contribution in [1.82, 2.24) is 20.2 Å². The number of rotatable bonds is 8. The van der Waals surface area contributed by atoms with Gasteiger partial charge < -0.3 is 15.5 Å². The smallest absolute Gasteiger partial charge is 0.276 e. The summed E-state index contributed by atoms with van der Waals surface area (Å²) in [6.45, 7) is 3.02. The van der Waals surface area contributed by atoms with Gasteiger partial charge >= 0.3 is 0 Å². The van der Waals surface area contributed by atoms with E-state index in [-0.39, 0.29) is 17.7 Å². The van der Waals surface area contributed by atoms with Crippen LogP contribution in [0.4, 0.5) is 17.2 Å². The van der Waals surface area contributed by atoms with Gasteiger partial charge in [0.05, 0.1) is 29.3 Å². The molecule has 0 radical (unpaired) electrons. The Balaban J connectivity index is 1.35. The van der Waals surface area contributed by atoms with Crippen LogP contribution in [0.3, 0.4) is 0 Å². The van der Waals surface area contributed by atoms with Gasteiger partial charge in [0.15, 0.2) is 5.69 Å². The number of anilines is 3. The predicted octanol–water partition coefficient (Wildman–Crippen LogP) is 4.47. The molecule has 0 saturated heterocycles. The normalized spacial score (nSPS) is 13.0. The van der Waals surface area contributed by atoms with Crippen molar-refractivity contribution >= 4 is 39.9 Å². The van der Waals surface area contributed by atoms with Crippen molar-refractivity contribution < 1.29 is 9.59 Å². The van der Waals surface area contributed by atoms with Crippen molar-refractivity contribution in [2.45, 2.75) is 26.2 Å². The highest BCUT2D eigenvalue weighted by Gasteiger charge is 2.29. The fourth-order valence-corrected chi connectivity index (χ4v) is 3.95. The van der Waals surface area contributed by atoms with Crippen molar-refractivity contribution in [3.8, 4) is 11.1 Å². The molecule has 5 rings (SSSR count). The van der Waals surface area contributed by atoms with Gasteiger partial charge in [-0.2, -0.15) is 5.10 Å². The van der Waals surface area contributed by atoms with Gasteiger partial charge in [-0.1, -0.05) is 13.0 Å². The molecule has 3 heterocycles. The summed E-state index contributed by atoms with van der Waals surface area (Å²) >= 11 is 0. The summed E-state index contributed by atoms with van der Waals surface area (Å²) in [6.07, 6.45) is 7.93. The Morgan fingerprint density at radius 1 is 1.03 bits per heavy atom. The SMILES string of the molecule is CCCN(C)c1ccc(NC(=O)c2n[nH]c3ccc(-c4cncc(NC(=O)C5CC5)c4)cc23)cn1. The second kappa shape index (κ2) is 9.54. The summed E-state index contributed by atoms with van der Waals surface area (Å²) in [5.74, 6) is 0.677. The molecule has 9 heteroatoms. The number of carbonyl (C=O) groups is 2. The topological polar surface area (TPSA) is 116 Å². The summed E-state index contributed by atoms with van der Waals surface area (Å²) < 4.78 is 0. The molecule has 3 aromatic heterocycles. The molecule has 3 N–H and O–H groups in total. The number of hydrogen-bond donors (Lipinski definition) is 3. The Hall–Kier alpha value is -4.27. The molecular weight excluding hydrogens is 442 g/mol. The molecule has 178 valence electrons. The van der Waals surface area contributed by atoms with E-state index in [1.54, 1.807) is 18.6 Å². The van der Waals surface area contributed by atoms with Crippen molar-refractivity contribution in [3.63, 3.8) is 0 Å². The third-order valence-electron chi connectivity index (χ3n) is 6.02. The average molecular weight is 470 g/mol. The summed E-state index contributed by atoms with van der Waals surface area (Å²) in [4.78, 5) is 35.9. The Bertz CT molecular complexity index is 1380. The average Bonchev–Trinajstić information content (AvgIpc) is 3.64. The van der Waals surface area contributed by atoms with Crippen molar-refractivity contribution in [1.29, 1.82) is 0 Å². The molecule has 0 spiro atoms. The van der Waals surface area contributed by atoms with Gasteiger partial charge in [-0.15, -0.1) is 0 Å². The summed E-state index contributed by atoms with van der Waals surface area (Å²) in [7, 11) is 1.99. The maximum Gasteiger partial charge on any atom is 0.276 e.